The van der Waals surface area contributed by atoms with Crippen molar-refractivity contribution in [3.63, 3.8) is 0 Å². The van der Waals surface area contributed by atoms with Gasteiger partial charge in [-0.3, -0.25) is 4.79 Å². The van der Waals surface area contributed by atoms with E-state index >= 15 is 0 Å². The molecule has 0 aliphatic heterocycles. The van der Waals surface area contributed by atoms with Crippen LogP contribution in [0.5, 0.6) is 0 Å². The standard InChI is InChI=1S/C14H25NO2.ClH/c1-11(2)7-13(9-15)8-14(16)17-10-12-5-3-4-6-12;/h3-4,11-13H,5-10,15H2,1-2H3;1H/t13-;/m0./s1. The fourth-order valence-electron chi connectivity index (χ4n) is 2.24. The van der Waals surface area contributed by atoms with Crippen molar-refractivity contribution in [3.05, 3.63) is 12.2 Å². The minimum atomic E-state index is -0.0898. The van der Waals surface area contributed by atoms with E-state index in [4.69, 9.17) is 10.5 Å². The summed E-state index contributed by atoms with van der Waals surface area (Å²) in [6.07, 6.45) is 7.85. The summed E-state index contributed by atoms with van der Waals surface area (Å²) in [7, 11) is 0. The Morgan fingerprint density at radius 3 is 2.50 bits per heavy atom. The number of carbonyl (C=O) groups excluding carboxylic acids is 1. The number of hydrogen-bond donors (Lipinski definition) is 1. The fourth-order valence-corrected chi connectivity index (χ4v) is 2.24. The van der Waals surface area contributed by atoms with Crippen LogP contribution in [0, 0.1) is 17.8 Å². The Labute approximate surface area is 117 Å². The maximum Gasteiger partial charge on any atom is 0.306 e. The third kappa shape index (κ3) is 7.02. The molecule has 1 rings (SSSR count). The van der Waals surface area contributed by atoms with Crippen LogP contribution in [0.3, 0.4) is 0 Å². The summed E-state index contributed by atoms with van der Waals surface area (Å²) in [6, 6.07) is 0. The van der Waals surface area contributed by atoms with Gasteiger partial charge in [0.2, 0.25) is 0 Å². The summed E-state index contributed by atoms with van der Waals surface area (Å²) in [5.74, 6) is 1.26. The molecule has 0 aromatic rings. The molecule has 0 aromatic heterocycles. The smallest absolute Gasteiger partial charge is 0.306 e. The molecule has 3 nitrogen and oxygen atoms in total. The van der Waals surface area contributed by atoms with Crippen LogP contribution in [-0.4, -0.2) is 19.1 Å². The van der Waals surface area contributed by atoms with Crippen LogP contribution in [0.25, 0.3) is 0 Å². The van der Waals surface area contributed by atoms with Crippen LogP contribution in [0.1, 0.15) is 39.5 Å². The van der Waals surface area contributed by atoms with Gasteiger partial charge in [0.05, 0.1) is 6.61 Å². The lowest BCUT2D eigenvalue weighted by atomic mass is 9.94. The molecule has 0 radical (unpaired) electrons. The van der Waals surface area contributed by atoms with Crippen LogP contribution in [0.15, 0.2) is 12.2 Å². The van der Waals surface area contributed by atoms with Crippen molar-refractivity contribution in [1.82, 2.24) is 0 Å². The summed E-state index contributed by atoms with van der Waals surface area (Å²) in [5, 5.41) is 0. The summed E-state index contributed by atoms with van der Waals surface area (Å²) in [6.45, 7) is 5.43. The fraction of sp³-hybridized carbons (Fsp3) is 0.786. The molecule has 4 heteroatoms. The Hall–Kier alpha value is -0.540. The van der Waals surface area contributed by atoms with Crippen LogP contribution in [0.4, 0.5) is 0 Å². The Morgan fingerprint density at radius 2 is 2.00 bits per heavy atom. The third-order valence-electron chi connectivity index (χ3n) is 3.18. The highest BCUT2D eigenvalue weighted by Gasteiger charge is 2.17. The number of rotatable bonds is 7. The first-order valence-corrected chi connectivity index (χ1v) is 6.62. The van der Waals surface area contributed by atoms with Gasteiger partial charge in [-0.25, -0.2) is 0 Å². The summed E-state index contributed by atoms with van der Waals surface area (Å²) in [5.41, 5.74) is 5.67. The molecule has 18 heavy (non-hydrogen) atoms. The Morgan fingerprint density at radius 1 is 1.39 bits per heavy atom. The van der Waals surface area contributed by atoms with Gasteiger partial charge < -0.3 is 10.5 Å². The second-order valence-corrected chi connectivity index (χ2v) is 5.43. The van der Waals surface area contributed by atoms with Gasteiger partial charge in [0, 0.05) is 6.42 Å². The van der Waals surface area contributed by atoms with E-state index in [1.807, 2.05) is 0 Å². The summed E-state index contributed by atoms with van der Waals surface area (Å²) in [4.78, 5) is 11.7. The van der Waals surface area contributed by atoms with E-state index in [-0.39, 0.29) is 24.3 Å². The van der Waals surface area contributed by atoms with Gasteiger partial charge in [-0.1, -0.05) is 26.0 Å². The number of allylic oxidation sites excluding steroid dienone is 2. The predicted octanol–water partition coefficient (Wildman–Crippen LogP) is 2.93. The number of carbonyl (C=O) groups is 1. The molecular weight excluding hydrogens is 250 g/mol. The molecule has 0 spiro atoms. The Kier molecular flexibility index (Phi) is 9.12. The molecule has 1 aliphatic rings. The van der Waals surface area contributed by atoms with Gasteiger partial charge in [0.25, 0.3) is 0 Å². The molecule has 1 aliphatic carbocycles. The first kappa shape index (κ1) is 17.5. The van der Waals surface area contributed by atoms with Crippen molar-refractivity contribution < 1.29 is 9.53 Å². The SMILES string of the molecule is CC(C)C[C@H](CN)CC(=O)OCC1CC=CC1.Cl. The second-order valence-electron chi connectivity index (χ2n) is 5.43. The molecule has 0 fully saturated rings. The van der Waals surface area contributed by atoms with Gasteiger partial charge >= 0.3 is 5.97 Å². The van der Waals surface area contributed by atoms with Crippen LogP contribution < -0.4 is 5.73 Å². The van der Waals surface area contributed by atoms with Crippen molar-refractivity contribution in [2.45, 2.75) is 39.5 Å². The molecular formula is C14H26ClNO2. The highest BCUT2D eigenvalue weighted by molar-refractivity contribution is 5.85. The van der Waals surface area contributed by atoms with Crippen LogP contribution in [-0.2, 0) is 9.53 Å². The first-order chi connectivity index (χ1) is 8.11. The summed E-state index contributed by atoms with van der Waals surface area (Å²) < 4.78 is 5.31. The van der Waals surface area contributed by atoms with E-state index in [2.05, 4.69) is 26.0 Å². The molecule has 0 unspecified atom stereocenters. The van der Waals surface area contributed by atoms with Crippen molar-refractivity contribution in [1.29, 1.82) is 0 Å². The number of halogens is 1. The summed E-state index contributed by atoms with van der Waals surface area (Å²) >= 11 is 0. The maximum atomic E-state index is 11.7. The third-order valence-corrected chi connectivity index (χ3v) is 3.18. The average Bonchev–Trinajstić information content (AvgIpc) is 2.77. The zero-order valence-corrected chi connectivity index (χ0v) is 12.2. The molecule has 2 N–H and O–H groups in total. The first-order valence-electron chi connectivity index (χ1n) is 6.62. The largest absolute Gasteiger partial charge is 0.465 e. The molecule has 0 amide bonds. The molecule has 1 atom stereocenters. The molecule has 0 bridgehead atoms. The lowest BCUT2D eigenvalue weighted by Gasteiger charge is -2.17. The number of ether oxygens (including phenoxy) is 1. The predicted molar refractivity (Wildman–Crippen MR) is 76.7 cm³/mol. The highest BCUT2D eigenvalue weighted by Crippen LogP contribution is 2.19. The van der Waals surface area contributed by atoms with Gasteiger partial charge in [0.1, 0.15) is 0 Å². The van der Waals surface area contributed by atoms with Crippen molar-refractivity contribution in [2.24, 2.45) is 23.5 Å². The van der Waals surface area contributed by atoms with E-state index in [0.717, 1.165) is 19.3 Å². The Balaban J connectivity index is 0.00000289. The van der Waals surface area contributed by atoms with Crippen LogP contribution in [0.2, 0.25) is 0 Å². The van der Waals surface area contributed by atoms with Gasteiger partial charge in [0.15, 0.2) is 0 Å². The number of hydrogen-bond acceptors (Lipinski definition) is 3. The monoisotopic (exact) mass is 275 g/mol. The minimum Gasteiger partial charge on any atom is -0.465 e. The van der Waals surface area contributed by atoms with E-state index < -0.39 is 0 Å². The quantitative estimate of drug-likeness (QED) is 0.574. The number of esters is 1. The molecule has 0 heterocycles. The Bertz CT molecular complexity index is 259. The average molecular weight is 276 g/mol. The van der Waals surface area contributed by atoms with Crippen molar-refractivity contribution >= 4 is 18.4 Å². The lowest BCUT2D eigenvalue weighted by Crippen LogP contribution is -2.22. The molecule has 0 saturated heterocycles. The normalized spacial score (nSPS) is 16.7. The van der Waals surface area contributed by atoms with Crippen LogP contribution >= 0.6 is 12.4 Å². The number of nitrogens with two attached hydrogens (primary N) is 1. The van der Waals surface area contributed by atoms with Gasteiger partial charge in [-0.2, -0.15) is 0 Å². The van der Waals surface area contributed by atoms with Gasteiger partial charge in [-0.15, -0.1) is 12.4 Å². The van der Waals surface area contributed by atoms with E-state index in [0.29, 0.717) is 31.4 Å². The minimum absolute atomic E-state index is 0. The van der Waals surface area contributed by atoms with E-state index in [1.54, 1.807) is 0 Å². The van der Waals surface area contributed by atoms with Gasteiger partial charge in [-0.05, 0) is 43.6 Å². The second kappa shape index (κ2) is 9.40. The zero-order valence-electron chi connectivity index (χ0n) is 11.4. The lowest BCUT2D eigenvalue weighted by molar-refractivity contribution is -0.146. The molecule has 0 saturated carbocycles. The molecule has 0 aromatic carbocycles. The highest BCUT2D eigenvalue weighted by atomic mass is 35.5. The molecule has 106 valence electrons. The van der Waals surface area contributed by atoms with Crippen molar-refractivity contribution in [3.8, 4) is 0 Å². The van der Waals surface area contributed by atoms with Crippen molar-refractivity contribution in [2.75, 3.05) is 13.2 Å². The topological polar surface area (TPSA) is 52.3 Å². The zero-order chi connectivity index (χ0) is 12.7. The van der Waals surface area contributed by atoms with E-state index in [1.165, 1.54) is 0 Å². The van der Waals surface area contributed by atoms with E-state index in [9.17, 15) is 4.79 Å². The maximum absolute atomic E-state index is 11.7.